The van der Waals surface area contributed by atoms with Gasteiger partial charge in [0.05, 0.1) is 0 Å². The van der Waals surface area contributed by atoms with Gasteiger partial charge in [-0.3, -0.25) is 9.59 Å². The minimum Gasteiger partial charge on any atom is -1.00 e. The van der Waals surface area contributed by atoms with Crippen molar-refractivity contribution in [1.82, 2.24) is 0 Å². The van der Waals surface area contributed by atoms with Crippen molar-refractivity contribution in [3.63, 3.8) is 0 Å². The fourth-order valence-electron chi connectivity index (χ4n) is 1.81. The second-order valence-electron chi connectivity index (χ2n) is 4.87. The van der Waals surface area contributed by atoms with Gasteiger partial charge in [0.25, 0.3) is 0 Å². The maximum atomic E-state index is 9.43. The Bertz CT molecular complexity index is 393. The molecule has 0 heterocycles. The Kier molecular flexibility index (Phi) is 23.8. The number of rotatable bonds is 9. The van der Waals surface area contributed by atoms with Crippen LogP contribution in [-0.4, -0.2) is 22.2 Å². The number of carbonyl (C=O) groups is 2. The van der Waals surface area contributed by atoms with E-state index in [0.717, 1.165) is 0 Å². The Morgan fingerprint density at radius 2 is 1.61 bits per heavy atom. The smallest absolute Gasteiger partial charge is 1.00 e. The molecule has 0 bridgehead atoms. The van der Waals surface area contributed by atoms with Gasteiger partial charge in [-0.1, -0.05) is 51.9 Å². The summed E-state index contributed by atoms with van der Waals surface area (Å²) in [5.41, 5.74) is 1.36. The molecule has 2 N–H and O–H groups in total. The monoisotopic (exact) mass is 324 g/mol. The van der Waals surface area contributed by atoms with Crippen LogP contribution < -0.4 is 48.4 Å². The van der Waals surface area contributed by atoms with Gasteiger partial charge in [-0.15, -0.1) is 0 Å². The van der Waals surface area contributed by atoms with E-state index in [0.29, 0.717) is 0 Å². The van der Waals surface area contributed by atoms with Gasteiger partial charge >= 0.3 is 60.4 Å². The molecule has 0 radical (unpaired) electrons. The molecule has 0 saturated carbocycles. The van der Waals surface area contributed by atoms with Crippen molar-refractivity contribution in [2.75, 3.05) is 0 Å². The number of aryl methyl sites for hydroxylation is 1. The fourth-order valence-corrected chi connectivity index (χ4v) is 1.81. The number of benzene rings is 1. The van der Waals surface area contributed by atoms with Gasteiger partial charge in [0.1, 0.15) is 6.42 Å². The molecule has 0 aliphatic rings. The third kappa shape index (κ3) is 21.8. The summed E-state index contributed by atoms with van der Waals surface area (Å²) in [5.74, 6) is -2.62. The van der Waals surface area contributed by atoms with Gasteiger partial charge < -0.3 is 11.6 Å². The maximum absolute atomic E-state index is 9.43. The third-order valence-corrected chi connectivity index (χ3v) is 2.88. The van der Waals surface area contributed by atoms with Crippen molar-refractivity contribution in [2.24, 2.45) is 0 Å². The molecule has 0 aliphatic carbocycles. The Balaban J connectivity index is -0.000000175. The number of carboxylic acids is 2. The van der Waals surface area contributed by atoms with E-state index in [-0.39, 0.29) is 49.8 Å². The van der Waals surface area contributed by atoms with Crippen LogP contribution in [0, 0.1) is 6.07 Å². The van der Waals surface area contributed by atoms with Crippen molar-refractivity contribution in [2.45, 2.75) is 58.3 Å². The predicted molar refractivity (Wildman–Crippen MR) is 83.4 cm³/mol. The van der Waals surface area contributed by atoms with E-state index in [1.54, 1.807) is 0 Å². The van der Waals surface area contributed by atoms with Crippen LogP contribution in [-0.2, 0) is 16.0 Å². The van der Waals surface area contributed by atoms with Gasteiger partial charge in [-0.25, -0.2) is 0 Å². The van der Waals surface area contributed by atoms with E-state index in [1.165, 1.54) is 50.5 Å². The molecule has 4 nitrogen and oxygen atoms in total. The molecule has 0 fully saturated rings. The molecule has 6 heteroatoms. The van der Waals surface area contributed by atoms with E-state index in [2.05, 4.69) is 25.1 Å². The summed E-state index contributed by atoms with van der Waals surface area (Å²) in [6, 6.07) is 11.6. The quantitative estimate of drug-likeness (QED) is 0.240. The van der Waals surface area contributed by atoms with Gasteiger partial charge in [0.2, 0.25) is 0 Å². The van der Waals surface area contributed by atoms with Crippen LogP contribution in [0.2, 0.25) is 0 Å². The van der Waals surface area contributed by atoms with Gasteiger partial charge in [-0.2, -0.15) is 35.9 Å². The first-order valence-electron chi connectivity index (χ1n) is 7.45. The summed E-state index contributed by atoms with van der Waals surface area (Å²) < 4.78 is 0. The second-order valence-corrected chi connectivity index (χ2v) is 4.87. The average Bonchev–Trinajstić information content (AvgIpc) is 2.43. The molecule has 0 amide bonds. The zero-order valence-corrected chi connectivity index (χ0v) is 16.7. The van der Waals surface area contributed by atoms with E-state index in [4.69, 9.17) is 10.2 Å². The number of aliphatic carboxylic acids is 2. The predicted octanol–water partition coefficient (Wildman–Crippen LogP) is -1.94. The SMILES string of the molecule is CCCCCCCCc1[c-]cccc1.O=C(O)CC(=O)O.[H-].[Li+].[Na+]. The molecular weight excluding hydrogens is 298 g/mol. The van der Waals surface area contributed by atoms with Crippen molar-refractivity contribution >= 4 is 11.9 Å². The summed E-state index contributed by atoms with van der Waals surface area (Å²) in [6.45, 7) is 2.26. The number of hydrogen-bond donors (Lipinski definition) is 2. The normalized spacial score (nSPS) is 8.74. The first-order chi connectivity index (χ1) is 10.1. The zero-order valence-electron chi connectivity index (χ0n) is 15.7. The molecule has 0 spiro atoms. The largest absolute Gasteiger partial charge is 1.00 e. The Morgan fingerprint density at radius 1 is 1.04 bits per heavy atom. The van der Waals surface area contributed by atoms with Gasteiger partial charge in [0.15, 0.2) is 0 Å². The zero-order chi connectivity index (χ0) is 15.9. The van der Waals surface area contributed by atoms with Crippen LogP contribution in [0.25, 0.3) is 0 Å². The number of unbranched alkanes of at least 4 members (excludes halogenated alkanes) is 5. The molecule has 0 saturated heterocycles. The second kappa shape index (κ2) is 19.8. The van der Waals surface area contributed by atoms with E-state index < -0.39 is 18.4 Å². The van der Waals surface area contributed by atoms with Gasteiger partial charge in [0, 0.05) is 0 Å². The van der Waals surface area contributed by atoms with E-state index in [1.807, 2.05) is 12.1 Å². The molecule has 1 aromatic rings. The maximum Gasteiger partial charge on any atom is 1.00 e. The number of hydrogen-bond acceptors (Lipinski definition) is 2. The molecule has 0 unspecified atom stereocenters. The Labute approximate surface area is 175 Å². The number of carboxylic acid groups (broad SMARTS) is 2. The van der Waals surface area contributed by atoms with Crippen LogP contribution >= 0.6 is 0 Å². The minimum atomic E-state index is -1.31. The first kappa shape index (κ1) is 27.6. The summed E-state index contributed by atoms with van der Waals surface area (Å²) in [5, 5.41) is 15.4. The molecule has 0 aliphatic heterocycles. The van der Waals surface area contributed by atoms with Crippen LogP contribution in [0.1, 0.15) is 58.9 Å². The molecule has 0 aromatic heterocycles. The summed E-state index contributed by atoms with van der Waals surface area (Å²) in [6.07, 6.45) is 8.65. The topological polar surface area (TPSA) is 74.6 Å². The Morgan fingerprint density at radius 3 is 2.04 bits per heavy atom. The molecule has 120 valence electrons. The van der Waals surface area contributed by atoms with Crippen LogP contribution in [0.15, 0.2) is 24.3 Å². The molecular formula is C17H26LiNaO4. The van der Waals surface area contributed by atoms with Crippen molar-refractivity contribution in [1.29, 1.82) is 0 Å². The van der Waals surface area contributed by atoms with E-state index in [9.17, 15) is 9.59 Å². The van der Waals surface area contributed by atoms with E-state index >= 15 is 0 Å². The molecule has 23 heavy (non-hydrogen) atoms. The van der Waals surface area contributed by atoms with Crippen molar-refractivity contribution < 1.29 is 69.6 Å². The fraction of sp³-hybridized carbons (Fsp3) is 0.529. The summed E-state index contributed by atoms with van der Waals surface area (Å²) in [4.78, 5) is 18.9. The molecule has 1 aromatic carbocycles. The van der Waals surface area contributed by atoms with Crippen LogP contribution in [0.5, 0.6) is 0 Å². The van der Waals surface area contributed by atoms with Gasteiger partial charge in [-0.05, 0) is 0 Å². The first-order valence-corrected chi connectivity index (χ1v) is 7.45. The van der Waals surface area contributed by atoms with Crippen LogP contribution in [0.3, 0.4) is 0 Å². The molecule has 1 rings (SSSR count). The summed E-state index contributed by atoms with van der Waals surface area (Å²) >= 11 is 0. The third-order valence-electron chi connectivity index (χ3n) is 2.88. The standard InChI is InChI=1S/C14H21.C3H4O4.Li.Na.H/c1-2-3-4-5-6-8-11-14-12-9-7-10-13-14;4-2(5)1-3(6)7;;;/h7,9-10,12H,2-6,8,11H2,1H3;1H2,(H,4,5)(H,6,7);;;/q-1;;2*+1;-1. The minimum absolute atomic E-state index is 0. The van der Waals surface area contributed by atoms with Crippen molar-refractivity contribution in [3.8, 4) is 0 Å². The van der Waals surface area contributed by atoms with Crippen LogP contribution in [0.4, 0.5) is 0 Å². The average molecular weight is 324 g/mol. The summed E-state index contributed by atoms with van der Waals surface area (Å²) in [7, 11) is 0. The molecule has 0 atom stereocenters. The Hall–Kier alpha value is -0.243. The van der Waals surface area contributed by atoms with Crippen molar-refractivity contribution in [3.05, 3.63) is 35.9 Å².